The van der Waals surface area contributed by atoms with E-state index in [9.17, 15) is 0 Å². The maximum atomic E-state index is 6.09. The van der Waals surface area contributed by atoms with E-state index in [1.54, 1.807) is 0 Å². The fourth-order valence-electron chi connectivity index (χ4n) is 3.46. The van der Waals surface area contributed by atoms with Gasteiger partial charge in [0.25, 0.3) is 3.93 Å². The molecule has 2 rings (SSSR count). The highest BCUT2D eigenvalue weighted by atomic mass is 80.0. The van der Waals surface area contributed by atoms with Crippen LogP contribution in [0.15, 0.2) is 24.3 Å². The van der Waals surface area contributed by atoms with Crippen molar-refractivity contribution >= 4 is 49.8 Å². The Labute approximate surface area is 183 Å². The van der Waals surface area contributed by atoms with Crippen molar-refractivity contribution in [1.82, 2.24) is 0 Å². The second kappa shape index (κ2) is 12.3. The minimum absolute atomic E-state index is 0.449. The van der Waals surface area contributed by atoms with Crippen molar-refractivity contribution in [2.45, 2.75) is 76.4 Å². The molecule has 0 bridgehead atoms. The largest absolute Gasteiger partial charge is 0.494 e. The van der Waals surface area contributed by atoms with E-state index in [2.05, 4.69) is 77.1 Å². The van der Waals surface area contributed by atoms with Crippen molar-refractivity contribution in [1.29, 1.82) is 0 Å². The summed E-state index contributed by atoms with van der Waals surface area (Å²) in [6, 6.07) is 9.93. The van der Waals surface area contributed by atoms with E-state index in [1.807, 2.05) is 0 Å². The van der Waals surface area contributed by atoms with Gasteiger partial charge in [-0.25, -0.2) is 0 Å². The highest BCUT2D eigenvalue weighted by Gasteiger charge is 2.24. The van der Waals surface area contributed by atoms with Crippen LogP contribution >= 0.6 is 45.9 Å². The molecular formula is C20H31Br3O2Si. The van der Waals surface area contributed by atoms with Crippen LogP contribution in [-0.2, 0) is 4.74 Å². The van der Waals surface area contributed by atoms with E-state index < -0.39 is 3.93 Å². The summed E-state index contributed by atoms with van der Waals surface area (Å²) in [5.41, 5.74) is 1.46. The zero-order valence-electron chi connectivity index (χ0n) is 15.7. The first-order valence-electron chi connectivity index (χ1n) is 9.89. The van der Waals surface area contributed by atoms with Gasteiger partial charge in [0.05, 0.1) is 12.7 Å². The standard InChI is InChI=1S/C20H31Br3O2Si/c1-2-3-4-14-24-19-10-6-17(7-11-19)18-8-12-20(13-9-18)25-15-5-16-26(21,22)23/h6-7,10-11,18,20H,2-5,8-9,12-16H2,1H3. The average Bonchev–Trinajstić information content (AvgIpc) is 2.63. The molecule has 1 aromatic rings. The number of halogens is 3. The van der Waals surface area contributed by atoms with Gasteiger partial charge in [0, 0.05) is 6.61 Å². The Morgan fingerprint density at radius 1 is 0.923 bits per heavy atom. The molecule has 6 heteroatoms. The van der Waals surface area contributed by atoms with Crippen LogP contribution in [0.2, 0.25) is 6.04 Å². The first-order valence-corrected chi connectivity index (χ1v) is 18.9. The molecule has 0 unspecified atom stereocenters. The maximum absolute atomic E-state index is 6.09. The third-order valence-corrected chi connectivity index (χ3v) is 9.49. The van der Waals surface area contributed by atoms with Crippen molar-refractivity contribution in [3.63, 3.8) is 0 Å². The van der Waals surface area contributed by atoms with Gasteiger partial charge in [0.1, 0.15) is 5.75 Å². The van der Waals surface area contributed by atoms with Crippen LogP contribution in [0.25, 0.3) is 0 Å². The number of unbranched alkanes of at least 4 members (excludes halogenated alkanes) is 2. The van der Waals surface area contributed by atoms with Gasteiger partial charge in [-0.05, 0) is 68.2 Å². The molecule has 1 aliphatic carbocycles. The lowest BCUT2D eigenvalue weighted by Gasteiger charge is -2.29. The second-order valence-electron chi connectivity index (χ2n) is 7.19. The molecule has 2 nitrogen and oxygen atoms in total. The molecule has 1 saturated carbocycles. The van der Waals surface area contributed by atoms with Crippen LogP contribution in [0.5, 0.6) is 5.75 Å². The summed E-state index contributed by atoms with van der Waals surface area (Å²) in [5, 5.41) is 0. The Morgan fingerprint density at radius 3 is 2.23 bits per heavy atom. The molecule has 148 valence electrons. The maximum Gasteiger partial charge on any atom is 0.267 e. The first-order chi connectivity index (χ1) is 12.5. The van der Waals surface area contributed by atoms with Crippen LogP contribution in [0, 0.1) is 0 Å². The second-order valence-corrected chi connectivity index (χ2v) is 30.7. The molecule has 0 N–H and O–H groups in total. The van der Waals surface area contributed by atoms with Crippen molar-refractivity contribution in [3.05, 3.63) is 29.8 Å². The van der Waals surface area contributed by atoms with E-state index in [0.717, 1.165) is 37.8 Å². The molecule has 0 heterocycles. The molecule has 1 aliphatic rings. The molecule has 1 fully saturated rings. The van der Waals surface area contributed by atoms with Gasteiger partial charge in [-0.2, -0.15) is 0 Å². The summed E-state index contributed by atoms with van der Waals surface area (Å²) in [5.74, 6) is 1.68. The number of hydrogen-bond donors (Lipinski definition) is 0. The van der Waals surface area contributed by atoms with Gasteiger partial charge in [-0.15, -0.1) is 0 Å². The fraction of sp³-hybridized carbons (Fsp3) is 0.700. The van der Waals surface area contributed by atoms with E-state index in [0.29, 0.717) is 12.0 Å². The summed E-state index contributed by atoms with van der Waals surface area (Å²) >= 11 is 11.0. The smallest absolute Gasteiger partial charge is 0.267 e. The third-order valence-electron chi connectivity index (χ3n) is 5.00. The molecular weight excluding hydrogens is 540 g/mol. The van der Waals surface area contributed by atoms with Gasteiger partial charge in [-0.1, -0.05) is 77.8 Å². The van der Waals surface area contributed by atoms with E-state index in [4.69, 9.17) is 9.47 Å². The monoisotopic (exact) mass is 568 g/mol. The zero-order valence-corrected chi connectivity index (χ0v) is 21.5. The van der Waals surface area contributed by atoms with Crippen molar-refractivity contribution in [2.24, 2.45) is 0 Å². The molecule has 1 aromatic carbocycles. The number of rotatable bonds is 11. The Hall–Kier alpha value is 0.637. The van der Waals surface area contributed by atoms with E-state index in [-0.39, 0.29) is 0 Å². The van der Waals surface area contributed by atoms with Gasteiger partial charge in [0.2, 0.25) is 0 Å². The minimum atomic E-state index is -1.47. The minimum Gasteiger partial charge on any atom is -0.494 e. The lowest BCUT2D eigenvalue weighted by atomic mass is 9.83. The predicted octanol–water partition coefficient (Wildman–Crippen LogP) is 7.81. The third kappa shape index (κ3) is 9.22. The Bertz CT molecular complexity index is 497. The number of benzene rings is 1. The summed E-state index contributed by atoms with van der Waals surface area (Å²) in [4.78, 5) is 0. The quantitative estimate of drug-likeness (QED) is 0.153. The topological polar surface area (TPSA) is 18.5 Å². The van der Waals surface area contributed by atoms with Crippen LogP contribution in [0.4, 0.5) is 0 Å². The number of ether oxygens (including phenoxy) is 2. The molecule has 0 spiro atoms. The van der Waals surface area contributed by atoms with Crippen LogP contribution in [0.3, 0.4) is 0 Å². The molecule has 0 radical (unpaired) electrons. The van der Waals surface area contributed by atoms with Crippen LogP contribution in [-0.4, -0.2) is 23.2 Å². The Balaban J connectivity index is 1.65. The molecule has 26 heavy (non-hydrogen) atoms. The van der Waals surface area contributed by atoms with Crippen molar-refractivity contribution in [2.75, 3.05) is 13.2 Å². The lowest BCUT2D eigenvalue weighted by molar-refractivity contribution is 0.0251. The van der Waals surface area contributed by atoms with Crippen molar-refractivity contribution < 1.29 is 9.47 Å². The average molecular weight is 571 g/mol. The first kappa shape index (κ1) is 22.9. The van der Waals surface area contributed by atoms with E-state index >= 15 is 0 Å². The molecule has 0 atom stereocenters. The predicted molar refractivity (Wildman–Crippen MR) is 124 cm³/mol. The van der Waals surface area contributed by atoms with Gasteiger partial charge in [0.15, 0.2) is 0 Å². The lowest BCUT2D eigenvalue weighted by Crippen LogP contribution is -2.21. The molecule has 0 amide bonds. The SMILES string of the molecule is CCCCCOc1ccc(C2CCC(OCCC[Si](Br)(Br)Br)CC2)cc1. The zero-order chi connectivity index (χ0) is 18.8. The summed E-state index contributed by atoms with van der Waals surface area (Å²) in [6.07, 6.45) is 10.0. The highest BCUT2D eigenvalue weighted by Crippen LogP contribution is 2.36. The van der Waals surface area contributed by atoms with Gasteiger partial charge in [-0.3, -0.25) is 0 Å². The highest BCUT2D eigenvalue weighted by molar-refractivity contribution is 9.72. The Morgan fingerprint density at radius 2 is 1.62 bits per heavy atom. The van der Waals surface area contributed by atoms with E-state index in [1.165, 1.54) is 44.1 Å². The normalized spacial score (nSPS) is 20.9. The van der Waals surface area contributed by atoms with Crippen LogP contribution < -0.4 is 4.74 Å². The van der Waals surface area contributed by atoms with Crippen molar-refractivity contribution in [3.8, 4) is 5.75 Å². The van der Waals surface area contributed by atoms with Gasteiger partial charge >= 0.3 is 0 Å². The summed E-state index contributed by atoms with van der Waals surface area (Å²) in [6.45, 7) is 3.92. The fourth-order valence-corrected chi connectivity index (χ4v) is 6.53. The summed E-state index contributed by atoms with van der Waals surface area (Å²) < 4.78 is 10.4. The Kier molecular flexibility index (Phi) is 10.8. The van der Waals surface area contributed by atoms with Crippen LogP contribution in [0.1, 0.15) is 69.8 Å². The molecule has 0 saturated heterocycles. The summed E-state index contributed by atoms with van der Waals surface area (Å²) in [7, 11) is 0. The number of hydrogen-bond acceptors (Lipinski definition) is 2. The molecule has 0 aromatic heterocycles. The molecule has 0 aliphatic heterocycles. The van der Waals surface area contributed by atoms with Gasteiger partial charge < -0.3 is 9.47 Å².